The largest absolute Gasteiger partial charge is 0.415 e. The van der Waals surface area contributed by atoms with E-state index in [9.17, 15) is 13.2 Å². The zero-order valence-electron chi connectivity index (χ0n) is 15.8. The molecule has 6 nitrogen and oxygen atoms in total. The van der Waals surface area contributed by atoms with Gasteiger partial charge in [0.2, 0.25) is 0 Å². The van der Waals surface area contributed by atoms with Crippen molar-refractivity contribution in [3.63, 3.8) is 0 Å². The van der Waals surface area contributed by atoms with E-state index in [1.165, 1.54) is 6.33 Å². The molecule has 0 amide bonds. The van der Waals surface area contributed by atoms with Gasteiger partial charge in [0.25, 0.3) is 0 Å². The number of alkyl halides is 3. The summed E-state index contributed by atoms with van der Waals surface area (Å²) in [6, 6.07) is 7.76. The summed E-state index contributed by atoms with van der Waals surface area (Å²) in [5.41, 5.74) is 1.31. The topological polar surface area (TPSA) is 74.1 Å². The Morgan fingerprint density at radius 2 is 1.97 bits per heavy atom. The molecule has 154 valence electrons. The fourth-order valence-electron chi connectivity index (χ4n) is 4.22. The number of hydrogen-bond acceptors (Lipinski definition) is 6. The van der Waals surface area contributed by atoms with Crippen molar-refractivity contribution in [2.75, 3.05) is 25.0 Å². The van der Waals surface area contributed by atoms with Gasteiger partial charge < -0.3 is 10.1 Å². The van der Waals surface area contributed by atoms with E-state index in [2.05, 4.69) is 21.4 Å². The lowest BCUT2D eigenvalue weighted by Gasteiger charge is -2.41. The number of nitriles is 1. The predicted octanol–water partition coefficient (Wildman–Crippen LogP) is 3.49. The Kier molecular flexibility index (Phi) is 5.56. The summed E-state index contributed by atoms with van der Waals surface area (Å²) in [6.45, 7) is 0.582. The first kappa shape index (κ1) is 19.9. The van der Waals surface area contributed by atoms with Crippen LogP contribution in [0, 0.1) is 11.3 Å². The first-order valence-corrected chi connectivity index (χ1v) is 9.78. The van der Waals surface area contributed by atoms with Gasteiger partial charge in [-0.15, -0.1) is 0 Å². The number of hydrogen-bond donors (Lipinski definition) is 1. The molecule has 0 radical (unpaired) electrons. The van der Waals surface area contributed by atoms with E-state index in [4.69, 9.17) is 10.00 Å². The Labute approximate surface area is 166 Å². The summed E-state index contributed by atoms with van der Waals surface area (Å²) in [4.78, 5) is 10.5. The highest BCUT2D eigenvalue weighted by Crippen LogP contribution is 2.31. The molecule has 1 aromatic carbocycles. The summed E-state index contributed by atoms with van der Waals surface area (Å²) >= 11 is 0. The van der Waals surface area contributed by atoms with Crippen molar-refractivity contribution in [1.82, 2.24) is 14.9 Å². The molecule has 9 heteroatoms. The van der Waals surface area contributed by atoms with Crippen LogP contribution in [0.3, 0.4) is 0 Å². The first-order chi connectivity index (χ1) is 13.9. The van der Waals surface area contributed by atoms with E-state index in [1.807, 2.05) is 4.90 Å². The van der Waals surface area contributed by atoms with Crippen molar-refractivity contribution < 1.29 is 17.9 Å². The fraction of sp³-hybridized carbons (Fsp3) is 0.550. The minimum Gasteiger partial charge on any atom is -0.367 e. The summed E-state index contributed by atoms with van der Waals surface area (Å²) in [7, 11) is 0. The van der Waals surface area contributed by atoms with Gasteiger partial charge in [0, 0.05) is 30.6 Å². The van der Waals surface area contributed by atoms with Gasteiger partial charge in [-0.1, -0.05) is 0 Å². The van der Waals surface area contributed by atoms with Crippen LogP contribution in [-0.2, 0) is 4.74 Å². The molecule has 1 unspecified atom stereocenters. The highest BCUT2D eigenvalue weighted by molar-refractivity contribution is 5.89. The summed E-state index contributed by atoms with van der Waals surface area (Å²) in [5.74, 6) is 0.694. The quantitative estimate of drug-likeness (QED) is 0.843. The van der Waals surface area contributed by atoms with E-state index in [1.54, 1.807) is 18.2 Å². The van der Waals surface area contributed by atoms with E-state index in [0.717, 1.165) is 36.6 Å². The fourth-order valence-corrected chi connectivity index (χ4v) is 4.22. The molecule has 0 bridgehead atoms. The Hall–Kier alpha value is -2.44. The van der Waals surface area contributed by atoms with Crippen molar-refractivity contribution in [2.45, 2.75) is 50.0 Å². The molecule has 2 fully saturated rings. The molecule has 1 aliphatic heterocycles. The molecule has 1 saturated carbocycles. The second-order valence-corrected chi connectivity index (χ2v) is 7.61. The van der Waals surface area contributed by atoms with Crippen LogP contribution >= 0.6 is 0 Å². The minimum absolute atomic E-state index is 0.0836. The van der Waals surface area contributed by atoms with Crippen molar-refractivity contribution in [3.05, 3.63) is 30.1 Å². The highest BCUT2D eigenvalue weighted by atomic mass is 19.4. The summed E-state index contributed by atoms with van der Waals surface area (Å²) in [6.07, 6.45) is -1.15. The van der Waals surface area contributed by atoms with Crippen LogP contribution in [0.5, 0.6) is 0 Å². The molecule has 1 atom stereocenters. The monoisotopic (exact) mass is 405 g/mol. The second kappa shape index (κ2) is 8.13. The maximum absolute atomic E-state index is 13.0. The van der Waals surface area contributed by atoms with E-state index in [0.29, 0.717) is 17.9 Å². The van der Waals surface area contributed by atoms with Gasteiger partial charge >= 0.3 is 6.18 Å². The Morgan fingerprint density at radius 1 is 1.17 bits per heavy atom. The maximum Gasteiger partial charge on any atom is 0.415 e. The van der Waals surface area contributed by atoms with Crippen molar-refractivity contribution in [2.24, 2.45) is 0 Å². The first-order valence-electron chi connectivity index (χ1n) is 9.78. The van der Waals surface area contributed by atoms with Gasteiger partial charge in [0.1, 0.15) is 12.1 Å². The smallest absolute Gasteiger partial charge is 0.367 e. The zero-order chi connectivity index (χ0) is 20.4. The average Bonchev–Trinajstić information content (AvgIpc) is 2.74. The molecule has 29 heavy (non-hydrogen) atoms. The Morgan fingerprint density at radius 3 is 2.69 bits per heavy atom. The predicted molar refractivity (Wildman–Crippen MR) is 101 cm³/mol. The van der Waals surface area contributed by atoms with Crippen LogP contribution in [0.1, 0.15) is 31.2 Å². The van der Waals surface area contributed by atoms with Crippen molar-refractivity contribution in [3.8, 4) is 6.07 Å². The molecule has 1 saturated heterocycles. The van der Waals surface area contributed by atoms with Crippen molar-refractivity contribution in [1.29, 1.82) is 5.26 Å². The number of morpholine rings is 1. The number of anilines is 1. The third-order valence-electron chi connectivity index (χ3n) is 5.78. The number of rotatable bonds is 3. The standard InChI is InChI=1S/C20H22F3N5O/c21-20(22,23)18-11-28(7-8-29-18)15-4-2-14(3-5-15)27-19-16-9-13(10-24)1-6-17(16)25-12-26-19/h1,6,9,12,14-15,18H,2-5,7-8,11H2,(H,25,26,27). The van der Waals surface area contributed by atoms with Crippen LogP contribution in [0.4, 0.5) is 19.0 Å². The lowest BCUT2D eigenvalue weighted by atomic mass is 9.89. The Bertz CT molecular complexity index is 905. The van der Waals surface area contributed by atoms with Crippen LogP contribution in [0.2, 0.25) is 0 Å². The van der Waals surface area contributed by atoms with Crippen molar-refractivity contribution >= 4 is 16.7 Å². The van der Waals surface area contributed by atoms with Gasteiger partial charge in [-0.3, -0.25) is 4.90 Å². The number of aromatic nitrogens is 2. The van der Waals surface area contributed by atoms with Crippen LogP contribution < -0.4 is 5.32 Å². The highest BCUT2D eigenvalue weighted by Gasteiger charge is 2.44. The van der Waals surface area contributed by atoms with E-state index < -0.39 is 12.3 Å². The van der Waals surface area contributed by atoms with Crippen LogP contribution in [0.25, 0.3) is 10.9 Å². The van der Waals surface area contributed by atoms with Crippen LogP contribution in [-0.4, -0.2) is 58.9 Å². The lowest BCUT2D eigenvalue weighted by molar-refractivity contribution is -0.240. The number of nitrogens with one attached hydrogen (secondary N) is 1. The van der Waals surface area contributed by atoms with E-state index >= 15 is 0 Å². The molecule has 1 aliphatic carbocycles. The maximum atomic E-state index is 13.0. The van der Waals surface area contributed by atoms with Gasteiger partial charge in [-0.2, -0.15) is 18.4 Å². The molecule has 0 spiro atoms. The molecular weight excluding hydrogens is 383 g/mol. The number of fused-ring (bicyclic) bond motifs is 1. The molecule has 4 rings (SSSR count). The minimum atomic E-state index is -4.31. The van der Waals surface area contributed by atoms with Gasteiger partial charge in [-0.05, 0) is 43.9 Å². The normalized spacial score (nSPS) is 26.2. The molecule has 1 aromatic heterocycles. The SMILES string of the molecule is N#Cc1ccc2ncnc(NC3CCC(N4CCOC(C(F)(F)F)C4)CC3)c2c1. The van der Waals surface area contributed by atoms with Gasteiger partial charge in [0.05, 0.1) is 23.8 Å². The molecule has 1 N–H and O–H groups in total. The summed E-state index contributed by atoms with van der Waals surface area (Å²) in [5, 5.41) is 13.4. The molecule has 2 aliphatic rings. The Balaban J connectivity index is 1.38. The summed E-state index contributed by atoms with van der Waals surface area (Å²) < 4.78 is 43.8. The third kappa shape index (κ3) is 4.43. The van der Waals surface area contributed by atoms with Crippen LogP contribution in [0.15, 0.2) is 24.5 Å². The third-order valence-corrected chi connectivity index (χ3v) is 5.78. The lowest BCUT2D eigenvalue weighted by Crippen LogP contribution is -2.53. The number of nitrogens with zero attached hydrogens (tertiary/aromatic N) is 4. The van der Waals surface area contributed by atoms with Gasteiger partial charge in [0.15, 0.2) is 6.10 Å². The number of ether oxygens (including phenoxy) is 1. The number of benzene rings is 1. The molecule has 2 aromatic rings. The van der Waals surface area contributed by atoms with Gasteiger partial charge in [-0.25, -0.2) is 9.97 Å². The van der Waals surface area contributed by atoms with E-state index in [-0.39, 0.29) is 25.2 Å². The second-order valence-electron chi connectivity index (χ2n) is 7.61. The molecule has 2 heterocycles. The number of halogens is 3. The zero-order valence-corrected chi connectivity index (χ0v) is 15.8. The average molecular weight is 405 g/mol. The molecular formula is C20H22F3N5O.